The smallest absolute Gasteiger partial charge is 0.444 e. The minimum atomic E-state index is -0.585. The summed E-state index contributed by atoms with van der Waals surface area (Å²) in [5, 5.41) is 4.11. The van der Waals surface area contributed by atoms with E-state index in [1.54, 1.807) is 4.90 Å². The second-order valence-electron chi connectivity index (χ2n) is 9.45. The molecule has 1 aromatic rings. The molecule has 2 rings (SSSR count). The fourth-order valence-electron chi connectivity index (χ4n) is 2.88. The number of aromatic nitrogens is 1. The van der Waals surface area contributed by atoms with Crippen molar-refractivity contribution in [1.82, 2.24) is 10.1 Å². The average molecular weight is 394 g/mol. The van der Waals surface area contributed by atoms with Crippen LogP contribution in [0.5, 0.6) is 0 Å². The van der Waals surface area contributed by atoms with Crippen LogP contribution in [0.2, 0.25) is 0 Å². The Kier molecular flexibility index (Phi) is 6.56. The number of hydrogen-bond donors (Lipinski definition) is 0. The second kappa shape index (κ2) is 8.07. The van der Waals surface area contributed by atoms with Crippen molar-refractivity contribution in [2.45, 2.75) is 98.5 Å². The van der Waals surface area contributed by atoms with Crippen LogP contribution in [0.15, 0.2) is 4.52 Å². The van der Waals surface area contributed by atoms with Gasteiger partial charge in [0.1, 0.15) is 5.60 Å². The van der Waals surface area contributed by atoms with Gasteiger partial charge >= 0.3 is 13.2 Å². The Balaban J connectivity index is 2.26. The van der Waals surface area contributed by atoms with Gasteiger partial charge in [0.15, 0.2) is 5.76 Å². The average Bonchev–Trinajstić information content (AvgIpc) is 2.98. The second-order valence-corrected chi connectivity index (χ2v) is 9.45. The molecule has 2 heterocycles. The normalized spacial score (nSPS) is 18.4. The molecule has 1 fully saturated rings. The fourth-order valence-corrected chi connectivity index (χ4v) is 2.88. The van der Waals surface area contributed by atoms with E-state index in [0.29, 0.717) is 18.0 Å². The lowest BCUT2D eigenvalue weighted by atomic mass is 9.77. The van der Waals surface area contributed by atoms with Crippen LogP contribution in [0, 0.1) is 6.92 Å². The monoisotopic (exact) mass is 394 g/mol. The molecule has 0 N–H and O–H groups in total. The molecule has 0 saturated carbocycles. The van der Waals surface area contributed by atoms with Gasteiger partial charge in [0.25, 0.3) is 0 Å². The minimum absolute atomic E-state index is 0.259. The Bertz CT molecular complexity index is 677. The molecule has 0 spiro atoms. The first-order chi connectivity index (χ1) is 12.8. The lowest BCUT2D eigenvalue weighted by Crippen LogP contribution is -2.41. The summed E-state index contributed by atoms with van der Waals surface area (Å²) in [4.78, 5) is 14.3. The van der Waals surface area contributed by atoms with Crippen molar-refractivity contribution in [3.63, 3.8) is 0 Å². The summed E-state index contributed by atoms with van der Waals surface area (Å²) < 4.78 is 23.5. The first-order valence-electron chi connectivity index (χ1n) is 10.1. The number of unbranched alkanes of at least 4 members (excludes halogenated alkanes) is 1. The molecule has 1 aliphatic rings. The van der Waals surface area contributed by atoms with Gasteiger partial charge in [-0.1, -0.05) is 18.5 Å². The third-order valence-electron chi connectivity index (χ3n) is 5.24. The summed E-state index contributed by atoms with van der Waals surface area (Å²) in [5.74, 6) is 0.568. The van der Waals surface area contributed by atoms with Gasteiger partial charge in [-0.25, -0.2) is 4.79 Å². The predicted molar refractivity (Wildman–Crippen MR) is 109 cm³/mol. The summed E-state index contributed by atoms with van der Waals surface area (Å²) in [5.41, 5.74) is -0.0398. The highest BCUT2D eigenvalue weighted by Gasteiger charge is 2.53. The molecule has 1 aromatic heterocycles. The van der Waals surface area contributed by atoms with Crippen LogP contribution in [-0.2, 0) is 20.6 Å². The van der Waals surface area contributed by atoms with Gasteiger partial charge in [0.2, 0.25) is 0 Å². The van der Waals surface area contributed by atoms with E-state index >= 15 is 0 Å². The van der Waals surface area contributed by atoms with Gasteiger partial charge in [0.05, 0.1) is 28.9 Å². The molecule has 0 atom stereocenters. The zero-order valence-electron chi connectivity index (χ0n) is 18.8. The van der Waals surface area contributed by atoms with Crippen molar-refractivity contribution in [3.8, 4) is 0 Å². The van der Waals surface area contributed by atoms with E-state index in [0.717, 1.165) is 18.3 Å². The van der Waals surface area contributed by atoms with Gasteiger partial charge in [-0.15, -0.1) is 0 Å². The number of hydrogen-bond acceptors (Lipinski definition) is 6. The summed E-state index contributed by atoms with van der Waals surface area (Å²) in [7, 11) is -0.585. The molecule has 0 radical (unpaired) electrons. The third kappa shape index (κ3) is 5.09. The zero-order chi connectivity index (χ0) is 21.3. The summed E-state index contributed by atoms with van der Waals surface area (Å²) in [6.07, 6.45) is 1.48. The topological polar surface area (TPSA) is 74.0 Å². The molecule has 1 saturated heterocycles. The van der Waals surface area contributed by atoms with Crippen molar-refractivity contribution >= 4 is 18.7 Å². The molecule has 0 aliphatic carbocycles. The van der Waals surface area contributed by atoms with E-state index in [-0.39, 0.29) is 12.6 Å². The van der Waals surface area contributed by atoms with E-state index in [2.05, 4.69) is 12.1 Å². The van der Waals surface area contributed by atoms with Crippen LogP contribution >= 0.6 is 0 Å². The highest BCUT2D eigenvalue weighted by Crippen LogP contribution is 2.37. The molecular formula is C20H35BN2O5. The summed E-state index contributed by atoms with van der Waals surface area (Å²) in [6.45, 7) is 18.4. The Hall–Kier alpha value is -1.54. The van der Waals surface area contributed by atoms with Gasteiger partial charge < -0.3 is 23.5 Å². The largest absolute Gasteiger partial charge is 0.500 e. The lowest BCUT2D eigenvalue weighted by Gasteiger charge is -2.32. The van der Waals surface area contributed by atoms with Crippen molar-refractivity contribution in [2.75, 3.05) is 6.54 Å². The fraction of sp³-hybridized carbons (Fsp3) is 0.800. The first kappa shape index (κ1) is 22.8. The van der Waals surface area contributed by atoms with Crippen LogP contribution < -0.4 is 5.46 Å². The number of aryl methyl sites for hydroxylation is 1. The summed E-state index contributed by atoms with van der Waals surface area (Å²) >= 11 is 0. The third-order valence-corrected chi connectivity index (χ3v) is 5.24. The van der Waals surface area contributed by atoms with Crippen LogP contribution in [0.3, 0.4) is 0 Å². The number of ether oxygens (including phenoxy) is 1. The molecule has 8 heteroatoms. The van der Waals surface area contributed by atoms with Crippen molar-refractivity contribution in [2.24, 2.45) is 0 Å². The molecule has 158 valence electrons. The van der Waals surface area contributed by atoms with E-state index in [1.807, 2.05) is 55.4 Å². The quantitative estimate of drug-likeness (QED) is 0.683. The number of carbonyl (C=O) groups excluding carboxylic acids is 1. The van der Waals surface area contributed by atoms with Gasteiger partial charge in [-0.2, -0.15) is 0 Å². The number of rotatable bonds is 6. The maximum atomic E-state index is 12.7. The number of carbonyl (C=O) groups is 1. The molecule has 0 bridgehead atoms. The molecule has 28 heavy (non-hydrogen) atoms. The highest BCUT2D eigenvalue weighted by molar-refractivity contribution is 6.63. The Morgan fingerprint density at radius 2 is 1.75 bits per heavy atom. The SMILES string of the molecule is CCCCN(Cc1onc(C)c1B1OC(C)(C)C(C)(C)O1)C(=O)OC(C)(C)C. The van der Waals surface area contributed by atoms with E-state index in [4.69, 9.17) is 18.6 Å². The Morgan fingerprint density at radius 3 is 2.25 bits per heavy atom. The van der Waals surface area contributed by atoms with Crippen molar-refractivity contribution < 1.29 is 23.4 Å². The van der Waals surface area contributed by atoms with E-state index in [1.165, 1.54) is 0 Å². The molecule has 0 unspecified atom stereocenters. The minimum Gasteiger partial charge on any atom is -0.444 e. The maximum Gasteiger partial charge on any atom is 0.500 e. The lowest BCUT2D eigenvalue weighted by molar-refractivity contribution is 0.00578. The van der Waals surface area contributed by atoms with Crippen molar-refractivity contribution in [3.05, 3.63) is 11.5 Å². The number of nitrogens with zero attached hydrogens (tertiary/aromatic N) is 2. The zero-order valence-corrected chi connectivity index (χ0v) is 18.8. The molecule has 1 amide bonds. The number of amides is 1. The van der Waals surface area contributed by atoms with E-state index in [9.17, 15) is 4.79 Å². The Labute approximate surface area is 169 Å². The van der Waals surface area contributed by atoms with Gasteiger partial charge in [0, 0.05) is 6.54 Å². The van der Waals surface area contributed by atoms with Crippen molar-refractivity contribution in [1.29, 1.82) is 0 Å². The van der Waals surface area contributed by atoms with Crippen LogP contribution in [0.25, 0.3) is 0 Å². The maximum absolute atomic E-state index is 12.7. The van der Waals surface area contributed by atoms with Crippen LogP contribution in [-0.4, -0.2) is 46.6 Å². The van der Waals surface area contributed by atoms with Crippen LogP contribution in [0.4, 0.5) is 4.79 Å². The van der Waals surface area contributed by atoms with E-state index < -0.39 is 23.9 Å². The van der Waals surface area contributed by atoms with Gasteiger partial charge in [-0.3, -0.25) is 0 Å². The highest BCUT2D eigenvalue weighted by atomic mass is 16.7. The summed E-state index contributed by atoms with van der Waals surface area (Å²) in [6, 6.07) is 0. The first-order valence-corrected chi connectivity index (χ1v) is 10.1. The molecule has 0 aromatic carbocycles. The van der Waals surface area contributed by atoms with Gasteiger partial charge in [-0.05, 0) is 61.8 Å². The Morgan fingerprint density at radius 1 is 1.18 bits per heavy atom. The molecule has 7 nitrogen and oxygen atoms in total. The predicted octanol–water partition coefficient (Wildman–Crippen LogP) is 3.82. The van der Waals surface area contributed by atoms with Crippen LogP contribution in [0.1, 0.15) is 79.7 Å². The molecular weight excluding hydrogens is 359 g/mol. The standard InChI is InChI=1S/C20H35BN2O5/c1-10-11-12-23(17(24)25-18(3,4)5)13-15-16(14(2)22-26-15)21-27-19(6,7)20(8,9)28-21/h10-13H2,1-9H3. The molecule has 1 aliphatic heterocycles.